The highest BCUT2D eigenvalue weighted by atomic mass is 79.9. The van der Waals surface area contributed by atoms with Gasteiger partial charge in [0.2, 0.25) is 0 Å². The molecule has 1 atom stereocenters. The van der Waals surface area contributed by atoms with Crippen LogP contribution in [0.15, 0.2) is 22.8 Å². The van der Waals surface area contributed by atoms with E-state index >= 15 is 0 Å². The van der Waals surface area contributed by atoms with Gasteiger partial charge in [-0.15, -0.1) is 0 Å². The Kier molecular flexibility index (Phi) is 4.36. The fourth-order valence-electron chi connectivity index (χ4n) is 3.20. The lowest BCUT2D eigenvalue weighted by atomic mass is 10.1. The molecule has 2 fully saturated rings. The molecule has 1 aromatic rings. The first-order valence-electron chi connectivity index (χ1n) is 7.40. The Balaban J connectivity index is 1.63. The summed E-state index contributed by atoms with van der Waals surface area (Å²) in [6.45, 7) is 4.10. The summed E-state index contributed by atoms with van der Waals surface area (Å²) in [6, 6.07) is 6.05. The monoisotopic (exact) mass is 337 g/mol. The summed E-state index contributed by atoms with van der Waals surface area (Å²) in [7, 11) is 0. The predicted octanol–water partition coefficient (Wildman–Crippen LogP) is 2.54. The van der Waals surface area contributed by atoms with Gasteiger partial charge in [-0.1, -0.05) is 12.5 Å². The molecule has 2 aliphatic heterocycles. The second-order valence-electron chi connectivity index (χ2n) is 5.64. The van der Waals surface area contributed by atoms with Crippen molar-refractivity contribution in [3.05, 3.63) is 28.5 Å². The zero-order valence-corrected chi connectivity index (χ0v) is 13.2. The van der Waals surface area contributed by atoms with Gasteiger partial charge < -0.3 is 4.90 Å². The van der Waals surface area contributed by atoms with Crippen LogP contribution in [0.5, 0.6) is 0 Å². The lowest BCUT2D eigenvalue weighted by Crippen LogP contribution is -2.41. The molecule has 2 aliphatic rings. The van der Waals surface area contributed by atoms with E-state index in [4.69, 9.17) is 0 Å². The number of rotatable bonds is 2. The first-order valence-corrected chi connectivity index (χ1v) is 8.19. The van der Waals surface area contributed by atoms with Gasteiger partial charge in [0.15, 0.2) is 0 Å². The summed E-state index contributed by atoms with van der Waals surface area (Å²) < 4.78 is 0.718. The molecule has 3 heterocycles. The van der Waals surface area contributed by atoms with Crippen LogP contribution >= 0.6 is 15.9 Å². The Bertz CT molecular complexity index is 488. The number of likely N-dealkylation sites (tertiary alicyclic amines) is 2. The molecule has 4 nitrogen and oxygen atoms in total. The summed E-state index contributed by atoms with van der Waals surface area (Å²) in [4.78, 5) is 21.2. The van der Waals surface area contributed by atoms with Gasteiger partial charge in [0.05, 0.1) is 0 Å². The lowest BCUT2D eigenvalue weighted by Gasteiger charge is -2.32. The molecule has 2 saturated heterocycles. The molecule has 20 heavy (non-hydrogen) atoms. The third-order valence-electron chi connectivity index (χ3n) is 4.29. The Morgan fingerprint density at radius 2 is 2.00 bits per heavy atom. The fraction of sp³-hybridized carbons (Fsp3) is 0.600. The van der Waals surface area contributed by atoms with Crippen LogP contribution in [0.3, 0.4) is 0 Å². The highest BCUT2D eigenvalue weighted by Crippen LogP contribution is 2.21. The van der Waals surface area contributed by atoms with Gasteiger partial charge in [0.25, 0.3) is 5.91 Å². The standard InChI is InChI=1S/C15H20BrN3O/c16-14-6-4-5-13(17-14)15(20)19-10-7-12(11-19)18-8-2-1-3-9-18/h4-6,12H,1-3,7-11H2. The summed E-state index contributed by atoms with van der Waals surface area (Å²) in [5.74, 6) is 0.0609. The number of amides is 1. The molecule has 0 spiro atoms. The normalized spacial score (nSPS) is 24.1. The zero-order valence-electron chi connectivity index (χ0n) is 11.6. The van der Waals surface area contributed by atoms with Crippen molar-refractivity contribution in [1.82, 2.24) is 14.8 Å². The average molecular weight is 338 g/mol. The van der Waals surface area contributed by atoms with E-state index in [2.05, 4.69) is 25.8 Å². The van der Waals surface area contributed by atoms with Crippen LogP contribution in [0.4, 0.5) is 0 Å². The van der Waals surface area contributed by atoms with Crippen molar-refractivity contribution < 1.29 is 4.79 Å². The van der Waals surface area contributed by atoms with Crippen LogP contribution < -0.4 is 0 Å². The van der Waals surface area contributed by atoms with Crippen molar-refractivity contribution in [2.45, 2.75) is 31.7 Å². The van der Waals surface area contributed by atoms with E-state index in [0.717, 1.165) is 24.1 Å². The van der Waals surface area contributed by atoms with Crippen molar-refractivity contribution in [1.29, 1.82) is 0 Å². The molecule has 5 heteroatoms. The molecular formula is C15H20BrN3O. The molecular weight excluding hydrogens is 318 g/mol. The topological polar surface area (TPSA) is 36.4 Å². The van der Waals surface area contributed by atoms with E-state index in [9.17, 15) is 4.79 Å². The minimum absolute atomic E-state index is 0.0609. The van der Waals surface area contributed by atoms with E-state index in [1.54, 1.807) is 6.07 Å². The highest BCUT2D eigenvalue weighted by molar-refractivity contribution is 9.10. The molecule has 0 aliphatic carbocycles. The molecule has 0 radical (unpaired) electrons. The van der Waals surface area contributed by atoms with Crippen LogP contribution in [-0.4, -0.2) is 52.9 Å². The van der Waals surface area contributed by atoms with E-state index in [1.807, 2.05) is 17.0 Å². The van der Waals surface area contributed by atoms with Crippen LogP contribution in [0.2, 0.25) is 0 Å². The van der Waals surface area contributed by atoms with Crippen molar-refractivity contribution in [2.24, 2.45) is 0 Å². The third-order valence-corrected chi connectivity index (χ3v) is 4.73. The van der Waals surface area contributed by atoms with Gasteiger partial charge >= 0.3 is 0 Å². The van der Waals surface area contributed by atoms with Gasteiger partial charge in [-0.2, -0.15) is 0 Å². The summed E-state index contributed by atoms with van der Waals surface area (Å²) >= 11 is 3.32. The minimum Gasteiger partial charge on any atom is -0.336 e. The molecule has 108 valence electrons. The first-order chi connectivity index (χ1) is 9.74. The fourth-order valence-corrected chi connectivity index (χ4v) is 3.54. The smallest absolute Gasteiger partial charge is 0.272 e. The number of nitrogens with zero attached hydrogens (tertiary/aromatic N) is 3. The first kappa shape index (κ1) is 14.0. The number of carbonyl (C=O) groups excluding carboxylic acids is 1. The molecule has 0 saturated carbocycles. The maximum Gasteiger partial charge on any atom is 0.272 e. The van der Waals surface area contributed by atoms with E-state index < -0.39 is 0 Å². The third kappa shape index (κ3) is 3.04. The molecule has 0 N–H and O–H groups in total. The Labute approximate surface area is 128 Å². The highest BCUT2D eigenvalue weighted by Gasteiger charge is 2.31. The molecule has 1 unspecified atom stereocenters. The molecule has 0 bridgehead atoms. The number of carbonyl (C=O) groups is 1. The zero-order chi connectivity index (χ0) is 13.9. The van der Waals surface area contributed by atoms with Gasteiger partial charge in [-0.25, -0.2) is 4.98 Å². The molecule has 1 aromatic heterocycles. The van der Waals surface area contributed by atoms with Gasteiger partial charge in [-0.3, -0.25) is 9.69 Å². The second-order valence-corrected chi connectivity index (χ2v) is 6.45. The maximum absolute atomic E-state index is 12.5. The van der Waals surface area contributed by atoms with Crippen LogP contribution in [-0.2, 0) is 0 Å². The van der Waals surface area contributed by atoms with E-state index in [0.29, 0.717) is 11.7 Å². The molecule has 3 rings (SSSR count). The lowest BCUT2D eigenvalue weighted by molar-refractivity contribution is 0.0765. The van der Waals surface area contributed by atoms with Crippen LogP contribution in [0.25, 0.3) is 0 Å². The predicted molar refractivity (Wildman–Crippen MR) is 81.7 cm³/mol. The second kappa shape index (κ2) is 6.22. The number of aromatic nitrogens is 1. The Morgan fingerprint density at radius 1 is 1.20 bits per heavy atom. The largest absolute Gasteiger partial charge is 0.336 e. The summed E-state index contributed by atoms with van der Waals surface area (Å²) in [5, 5.41) is 0. The summed E-state index contributed by atoms with van der Waals surface area (Å²) in [5.41, 5.74) is 0.540. The molecule has 1 amide bonds. The average Bonchev–Trinajstić information content (AvgIpc) is 2.97. The van der Waals surface area contributed by atoms with Crippen molar-refractivity contribution in [3.8, 4) is 0 Å². The Hall–Kier alpha value is -0.940. The van der Waals surface area contributed by atoms with Gasteiger partial charge in [0, 0.05) is 19.1 Å². The number of hydrogen-bond acceptors (Lipinski definition) is 3. The maximum atomic E-state index is 12.5. The van der Waals surface area contributed by atoms with Crippen LogP contribution in [0.1, 0.15) is 36.2 Å². The van der Waals surface area contributed by atoms with Gasteiger partial charge in [-0.05, 0) is 60.4 Å². The van der Waals surface area contributed by atoms with Crippen molar-refractivity contribution in [2.75, 3.05) is 26.2 Å². The number of piperidine rings is 1. The van der Waals surface area contributed by atoms with Crippen molar-refractivity contribution >= 4 is 21.8 Å². The number of hydrogen-bond donors (Lipinski definition) is 0. The Morgan fingerprint density at radius 3 is 2.75 bits per heavy atom. The molecule has 0 aromatic carbocycles. The minimum atomic E-state index is 0.0609. The quantitative estimate of drug-likeness (QED) is 0.778. The number of halogens is 1. The van der Waals surface area contributed by atoms with E-state index in [-0.39, 0.29) is 5.91 Å². The summed E-state index contributed by atoms with van der Waals surface area (Å²) in [6.07, 6.45) is 5.06. The number of pyridine rings is 1. The van der Waals surface area contributed by atoms with Crippen LogP contribution in [0, 0.1) is 0 Å². The van der Waals surface area contributed by atoms with Gasteiger partial charge in [0.1, 0.15) is 10.3 Å². The SMILES string of the molecule is O=C(c1cccc(Br)n1)N1CCC(N2CCCCC2)C1. The van der Waals surface area contributed by atoms with E-state index in [1.165, 1.54) is 32.4 Å². The van der Waals surface area contributed by atoms with Crippen molar-refractivity contribution in [3.63, 3.8) is 0 Å².